The van der Waals surface area contributed by atoms with E-state index < -0.39 is 5.97 Å². The Balaban J connectivity index is 1.62. The van der Waals surface area contributed by atoms with Crippen molar-refractivity contribution >= 4 is 11.9 Å². The summed E-state index contributed by atoms with van der Waals surface area (Å²) in [6.45, 7) is 1.80. The number of carboxylic acid groups (broad SMARTS) is 1. The van der Waals surface area contributed by atoms with Gasteiger partial charge in [0, 0.05) is 19.5 Å². The van der Waals surface area contributed by atoms with Gasteiger partial charge in [-0.05, 0) is 37.5 Å². The third-order valence-corrected chi connectivity index (χ3v) is 3.99. The molecular weight excluding hydrogens is 324 g/mol. The van der Waals surface area contributed by atoms with E-state index >= 15 is 0 Å². The van der Waals surface area contributed by atoms with Crippen molar-refractivity contribution in [1.82, 2.24) is 9.88 Å². The number of aromatic nitrogens is 1. The van der Waals surface area contributed by atoms with E-state index in [-0.39, 0.29) is 12.5 Å². The minimum atomic E-state index is -1.03. The first kappa shape index (κ1) is 17.0. The summed E-state index contributed by atoms with van der Waals surface area (Å²) < 4.78 is 10.7. The van der Waals surface area contributed by atoms with Crippen LogP contribution in [0.1, 0.15) is 46.5 Å². The van der Waals surface area contributed by atoms with Crippen molar-refractivity contribution in [3.8, 4) is 5.75 Å². The van der Waals surface area contributed by atoms with Crippen LogP contribution >= 0.6 is 0 Å². The molecule has 0 bridgehead atoms. The monoisotopic (exact) mass is 344 g/mol. The lowest BCUT2D eigenvalue weighted by Crippen LogP contribution is -2.26. The first-order chi connectivity index (χ1) is 11.9. The third kappa shape index (κ3) is 4.17. The molecule has 0 spiro atoms. The fourth-order valence-electron chi connectivity index (χ4n) is 2.48. The molecule has 1 heterocycles. The van der Waals surface area contributed by atoms with Gasteiger partial charge >= 0.3 is 5.97 Å². The predicted octanol–water partition coefficient (Wildman–Crippen LogP) is 2.60. The number of carbonyl (C=O) groups excluding carboxylic acids is 1. The van der Waals surface area contributed by atoms with Gasteiger partial charge in [-0.3, -0.25) is 4.79 Å². The highest BCUT2D eigenvalue weighted by Gasteiger charge is 2.31. The standard InChI is InChI=1S/C18H20N2O5/c1-11-16(25-17(19-11)13-5-6-13)18(23)20(2)9-12-3-7-14(8-4-12)24-10-15(21)22/h3-4,7-8,13H,5-6,9-10H2,1-2H3,(H,21,22). The smallest absolute Gasteiger partial charge is 0.341 e. The van der Waals surface area contributed by atoms with Crippen molar-refractivity contribution in [3.05, 3.63) is 47.2 Å². The Morgan fingerprint density at radius 3 is 2.60 bits per heavy atom. The average molecular weight is 344 g/mol. The Morgan fingerprint density at radius 1 is 1.32 bits per heavy atom. The molecule has 0 atom stereocenters. The number of rotatable bonds is 7. The summed E-state index contributed by atoms with van der Waals surface area (Å²) >= 11 is 0. The molecule has 1 aromatic heterocycles. The van der Waals surface area contributed by atoms with Crippen molar-refractivity contribution in [2.75, 3.05) is 13.7 Å². The van der Waals surface area contributed by atoms with Crippen LogP contribution in [0.3, 0.4) is 0 Å². The molecule has 3 rings (SSSR count). The lowest BCUT2D eigenvalue weighted by atomic mass is 10.2. The number of hydrogen-bond donors (Lipinski definition) is 1. The van der Waals surface area contributed by atoms with Crippen LogP contribution in [-0.2, 0) is 11.3 Å². The first-order valence-electron chi connectivity index (χ1n) is 8.10. The van der Waals surface area contributed by atoms with Crippen molar-refractivity contribution in [3.63, 3.8) is 0 Å². The molecule has 1 aliphatic carbocycles. The SMILES string of the molecule is Cc1nc(C2CC2)oc1C(=O)N(C)Cc1ccc(OCC(=O)O)cc1. The van der Waals surface area contributed by atoms with E-state index in [1.54, 1.807) is 43.1 Å². The number of aliphatic carboxylic acids is 1. The van der Waals surface area contributed by atoms with Gasteiger partial charge in [-0.1, -0.05) is 12.1 Å². The van der Waals surface area contributed by atoms with Gasteiger partial charge in [0.2, 0.25) is 5.76 Å². The molecule has 1 saturated carbocycles. The summed E-state index contributed by atoms with van der Waals surface area (Å²) in [6.07, 6.45) is 2.14. The van der Waals surface area contributed by atoms with Gasteiger partial charge in [0.1, 0.15) is 5.75 Å². The minimum Gasteiger partial charge on any atom is -0.482 e. The van der Waals surface area contributed by atoms with Gasteiger partial charge in [-0.25, -0.2) is 9.78 Å². The number of carboxylic acids is 1. The van der Waals surface area contributed by atoms with Crippen molar-refractivity contribution in [1.29, 1.82) is 0 Å². The van der Waals surface area contributed by atoms with E-state index in [4.69, 9.17) is 14.3 Å². The number of ether oxygens (including phenoxy) is 1. The van der Waals surface area contributed by atoms with Gasteiger partial charge in [0.15, 0.2) is 12.5 Å². The van der Waals surface area contributed by atoms with Gasteiger partial charge in [-0.2, -0.15) is 0 Å². The van der Waals surface area contributed by atoms with Crippen LogP contribution in [0.5, 0.6) is 5.75 Å². The van der Waals surface area contributed by atoms with Crippen molar-refractivity contribution in [2.24, 2.45) is 0 Å². The zero-order valence-corrected chi connectivity index (χ0v) is 14.2. The molecule has 132 valence electrons. The lowest BCUT2D eigenvalue weighted by molar-refractivity contribution is -0.139. The van der Waals surface area contributed by atoms with E-state index in [2.05, 4.69) is 4.98 Å². The van der Waals surface area contributed by atoms with E-state index in [0.717, 1.165) is 18.4 Å². The second kappa shape index (κ2) is 6.96. The third-order valence-electron chi connectivity index (χ3n) is 3.99. The normalized spacial score (nSPS) is 13.5. The van der Waals surface area contributed by atoms with Gasteiger partial charge < -0.3 is 19.2 Å². The molecule has 1 aliphatic rings. The van der Waals surface area contributed by atoms with Crippen LogP contribution < -0.4 is 4.74 Å². The van der Waals surface area contributed by atoms with Crippen LogP contribution in [0, 0.1) is 6.92 Å². The molecule has 0 aliphatic heterocycles. The quantitative estimate of drug-likeness (QED) is 0.830. The maximum atomic E-state index is 12.6. The average Bonchev–Trinajstić information content (AvgIpc) is 3.36. The fourth-order valence-corrected chi connectivity index (χ4v) is 2.48. The van der Waals surface area contributed by atoms with E-state index in [9.17, 15) is 9.59 Å². The zero-order chi connectivity index (χ0) is 18.0. The lowest BCUT2D eigenvalue weighted by Gasteiger charge is -2.16. The molecule has 2 aromatic rings. The molecule has 1 aromatic carbocycles. The maximum Gasteiger partial charge on any atom is 0.341 e. The maximum absolute atomic E-state index is 12.6. The van der Waals surface area contributed by atoms with Crippen LogP contribution in [0.25, 0.3) is 0 Å². The Hall–Kier alpha value is -2.83. The largest absolute Gasteiger partial charge is 0.482 e. The minimum absolute atomic E-state index is 0.205. The number of benzene rings is 1. The molecule has 7 nitrogen and oxygen atoms in total. The van der Waals surface area contributed by atoms with Crippen LogP contribution in [0.15, 0.2) is 28.7 Å². The van der Waals surface area contributed by atoms with E-state index in [1.165, 1.54) is 0 Å². The molecule has 0 unspecified atom stereocenters. The highest BCUT2D eigenvalue weighted by atomic mass is 16.5. The highest BCUT2D eigenvalue weighted by Crippen LogP contribution is 2.40. The Morgan fingerprint density at radius 2 is 2.00 bits per heavy atom. The predicted molar refractivity (Wildman–Crippen MR) is 88.6 cm³/mol. The first-order valence-corrected chi connectivity index (χ1v) is 8.10. The molecule has 7 heteroatoms. The molecule has 0 saturated heterocycles. The van der Waals surface area contributed by atoms with Crippen LogP contribution in [0.2, 0.25) is 0 Å². The number of carbonyl (C=O) groups is 2. The molecule has 1 amide bonds. The molecule has 1 N–H and O–H groups in total. The van der Waals surface area contributed by atoms with Gasteiger partial charge in [0.25, 0.3) is 5.91 Å². The van der Waals surface area contributed by atoms with E-state index in [1.807, 2.05) is 0 Å². The molecule has 25 heavy (non-hydrogen) atoms. The summed E-state index contributed by atoms with van der Waals surface area (Å²) in [7, 11) is 1.70. The Kier molecular flexibility index (Phi) is 4.74. The summed E-state index contributed by atoms with van der Waals surface area (Å²) in [6, 6.07) is 6.95. The Labute approximate surface area is 145 Å². The van der Waals surface area contributed by atoms with Gasteiger partial charge in [-0.15, -0.1) is 0 Å². The summed E-state index contributed by atoms with van der Waals surface area (Å²) in [5.41, 5.74) is 1.52. The van der Waals surface area contributed by atoms with Gasteiger partial charge in [0.05, 0.1) is 5.69 Å². The Bertz CT molecular complexity index is 777. The van der Waals surface area contributed by atoms with E-state index in [0.29, 0.717) is 35.6 Å². The number of amides is 1. The fraction of sp³-hybridized carbons (Fsp3) is 0.389. The molecule has 1 fully saturated rings. The summed E-state index contributed by atoms with van der Waals surface area (Å²) in [5.74, 6) is 0.565. The number of nitrogens with zero attached hydrogens (tertiary/aromatic N) is 2. The van der Waals surface area contributed by atoms with Crippen molar-refractivity contribution in [2.45, 2.75) is 32.2 Å². The van der Waals surface area contributed by atoms with Crippen molar-refractivity contribution < 1.29 is 23.8 Å². The summed E-state index contributed by atoms with van der Waals surface area (Å²) in [5, 5.41) is 8.60. The molecule has 0 radical (unpaired) electrons. The second-order valence-corrected chi connectivity index (χ2v) is 6.23. The topological polar surface area (TPSA) is 92.9 Å². The zero-order valence-electron chi connectivity index (χ0n) is 14.2. The summed E-state index contributed by atoms with van der Waals surface area (Å²) in [4.78, 5) is 29.0. The highest BCUT2D eigenvalue weighted by molar-refractivity contribution is 5.92. The van der Waals surface area contributed by atoms with Crippen LogP contribution in [0.4, 0.5) is 0 Å². The number of aryl methyl sites for hydroxylation is 1. The molecular formula is C18H20N2O5. The second-order valence-electron chi connectivity index (χ2n) is 6.23. The van der Waals surface area contributed by atoms with Crippen LogP contribution in [-0.4, -0.2) is 40.5 Å². The number of hydrogen-bond acceptors (Lipinski definition) is 5. The number of oxazole rings is 1.